The van der Waals surface area contributed by atoms with Gasteiger partial charge in [0.1, 0.15) is 5.82 Å². The summed E-state index contributed by atoms with van der Waals surface area (Å²) in [6.07, 6.45) is 2.84. The number of rotatable bonds is 5. The van der Waals surface area contributed by atoms with E-state index < -0.39 is 0 Å². The van der Waals surface area contributed by atoms with Crippen LogP contribution in [0.15, 0.2) is 12.3 Å². The topological polar surface area (TPSA) is 50.1 Å². The molecule has 1 aromatic heterocycles. The maximum Gasteiger partial charge on any atom is 0.147 e. The Labute approximate surface area is 84.9 Å². The second-order valence-electron chi connectivity index (χ2n) is 4.05. The number of anilines is 1. The first-order valence-electron chi connectivity index (χ1n) is 4.94. The van der Waals surface area contributed by atoms with Gasteiger partial charge in [0, 0.05) is 31.3 Å². The van der Waals surface area contributed by atoms with Crippen molar-refractivity contribution in [2.75, 3.05) is 18.5 Å². The Kier molecular flexibility index (Phi) is 3.52. The molecule has 0 aliphatic heterocycles. The molecule has 4 nitrogen and oxygen atoms in total. The third kappa shape index (κ3) is 2.73. The SMILES string of the molecule is CCC(C)(CO)CNc1ccn(C)n1. The van der Waals surface area contributed by atoms with Gasteiger partial charge in [0.25, 0.3) is 0 Å². The largest absolute Gasteiger partial charge is 0.396 e. The average molecular weight is 197 g/mol. The Morgan fingerprint density at radius 1 is 1.64 bits per heavy atom. The molecule has 1 aromatic rings. The zero-order valence-electron chi connectivity index (χ0n) is 9.12. The lowest BCUT2D eigenvalue weighted by Crippen LogP contribution is -2.29. The number of aromatic nitrogens is 2. The van der Waals surface area contributed by atoms with E-state index in [4.69, 9.17) is 0 Å². The lowest BCUT2D eigenvalue weighted by atomic mass is 9.89. The van der Waals surface area contributed by atoms with Gasteiger partial charge in [-0.1, -0.05) is 13.8 Å². The van der Waals surface area contributed by atoms with Crippen LogP contribution in [0.3, 0.4) is 0 Å². The number of hydrogen-bond donors (Lipinski definition) is 2. The van der Waals surface area contributed by atoms with Gasteiger partial charge in [-0.15, -0.1) is 0 Å². The second kappa shape index (κ2) is 4.46. The van der Waals surface area contributed by atoms with E-state index in [0.717, 1.165) is 18.8 Å². The zero-order valence-corrected chi connectivity index (χ0v) is 9.12. The van der Waals surface area contributed by atoms with Crippen LogP contribution in [-0.2, 0) is 7.05 Å². The van der Waals surface area contributed by atoms with Crippen molar-refractivity contribution >= 4 is 5.82 Å². The predicted octanol–water partition coefficient (Wildman–Crippen LogP) is 1.24. The molecular formula is C10H19N3O. The first-order valence-corrected chi connectivity index (χ1v) is 4.94. The van der Waals surface area contributed by atoms with E-state index in [1.807, 2.05) is 19.3 Å². The van der Waals surface area contributed by atoms with Crippen LogP contribution in [0.2, 0.25) is 0 Å². The van der Waals surface area contributed by atoms with E-state index in [2.05, 4.69) is 24.3 Å². The van der Waals surface area contributed by atoms with Crippen LogP contribution < -0.4 is 5.32 Å². The van der Waals surface area contributed by atoms with E-state index in [-0.39, 0.29) is 12.0 Å². The summed E-state index contributed by atoms with van der Waals surface area (Å²) < 4.78 is 1.75. The molecule has 0 bridgehead atoms. The molecule has 0 aromatic carbocycles. The Bertz CT molecular complexity index is 279. The van der Waals surface area contributed by atoms with Crippen molar-refractivity contribution in [2.45, 2.75) is 20.3 Å². The molecule has 2 N–H and O–H groups in total. The Morgan fingerprint density at radius 2 is 2.36 bits per heavy atom. The van der Waals surface area contributed by atoms with E-state index in [0.29, 0.717) is 0 Å². The lowest BCUT2D eigenvalue weighted by Gasteiger charge is -2.25. The van der Waals surface area contributed by atoms with Crippen molar-refractivity contribution in [1.29, 1.82) is 0 Å². The van der Waals surface area contributed by atoms with Crippen LogP contribution in [0.25, 0.3) is 0 Å². The molecule has 0 spiro atoms. The van der Waals surface area contributed by atoms with Gasteiger partial charge in [-0.05, 0) is 6.42 Å². The van der Waals surface area contributed by atoms with Gasteiger partial charge in [0.2, 0.25) is 0 Å². The van der Waals surface area contributed by atoms with E-state index in [1.165, 1.54) is 0 Å². The van der Waals surface area contributed by atoms with Crippen molar-refractivity contribution < 1.29 is 5.11 Å². The fourth-order valence-electron chi connectivity index (χ4n) is 1.11. The van der Waals surface area contributed by atoms with Crippen molar-refractivity contribution in [1.82, 2.24) is 9.78 Å². The molecule has 0 fully saturated rings. The molecule has 1 unspecified atom stereocenters. The van der Waals surface area contributed by atoms with Crippen LogP contribution in [-0.4, -0.2) is 28.0 Å². The molecular weight excluding hydrogens is 178 g/mol. The monoisotopic (exact) mass is 197 g/mol. The molecule has 4 heteroatoms. The Hall–Kier alpha value is -1.03. The maximum absolute atomic E-state index is 9.20. The molecule has 0 saturated carbocycles. The highest BCUT2D eigenvalue weighted by molar-refractivity contribution is 5.32. The number of nitrogens with one attached hydrogen (secondary N) is 1. The first-order chi connectivity index (χ1) is 6.59. The molecule has 0 aliphatic carbocycles. The molecule has 0 aliphatic rings. The third-order valence-corrected chi connectivity index (χ3v) is 2.65. The molecule has 0 radical (unpaired) electrons. The van der Waals surface area contributed by atoms with E-state index in [1.54, 1.807) is 4.68 Å². The van der Waals surface area contributed by atoms with Gasteiger partial charge in [-0.25, -0.2) is 0 Å². The summed E-state index contributed by atoms with van der Waals surface area (Å²) in [4.78, 5) is 0. The summed E-state index contributed by atoms with van der Waals surface area (Å²) in [6.45, 7) is 5.08. The van der Waals surface area contributed by atoms with Gasteiger partial charge < -0.3 is 10.4 Å². The van der Waals surface area contributed by atoms with Gasteiger partial charge in [-0.2, -0.15) is 5.10 Å². The predicted molar refractivity (Wildman–Crippen MR) is 57.2 cm³/mol. The van der Waals surface area contributed by atoms with Gasteiger partial charge >= 0.3 is 0 Å². The van der Waals surface area contributed by atoms with Gasteiger partial charge in [-0.3, -0.25) is 4.68 Å². The highest BCUT2D eigenvalue weighted by Crippen LogP contribution is 2.20. The summed E-state index contributed by atoms with van der Waals surface area (Å²) in [7, 11) is 1.89. The van der Waals surface area contributed by atoms with Crippen LogP contribution in [0, 0.1) is 5.41 Å². The first kappa shape index (κ1) is 11.0. The molecule has 14 heavy (non-hydrogen) atoms. The quantitative estimate of drug-likeness (QED) is 0.746. The number of hydrogen-bond acceptors (Lipinski definition) is 3. The van der Waals surface area contributed by atoms with Crippen molar-refractivity contribution in [3.05, 3.63) is 12.3 Å². The smallest absolute Gasteiger partial charge is 0.147 e. The van der Waals surface area contributed by atoms with E-state index >= 15 is 0 Å². The Morgan fingerprint density at radius 3 is 2.79 bits per heavy atom. The summed E-state index contributed by atoms with van der Waals surface area (Å²) in [5.41, 5.74) is -0.0580. The van der Waals surface area contributed by atoms with Crippen LogP contribution in [0.5, 0.6) is 0 Å². The van der Waals surface area contributed by atoms with Crippen molar-refractivity contribution in [3.8, 4) is 0 Å². The standard InChI is InChI=1S/C10H19N3O/c1-4-10(2,8-14)7-11-9-5-6-13(3)12-9/h5-6,14H,4,7-8H2,1-3H3,(H,11,12). The molecule has 1 rings (SSSR count). The highest BCUT2D eigenvalue weighted by Gasteiger charge is 2.20. The summed E-state index contributed by atoms with van der Waals surface area (Å²) in [6, 6.07) is 1.92. The molecule has 80 valence electrons. The normalized spacial score (nSPS) is 15.1. The minimum atomic E-state index is -0.0580. The summed E-state index contributed by atoms with van der Waals surface area (Å²) in [5, 5.41) is 16.6. The third-order valence-electron chi connectivity index (χ3n) is 2.65. The van der Waals surface area contributed by atoms with Crippen molar-refractivity contribution in [3.63, 3.8) is 0 Å². The minimum Gasteiger partial charge on any atom is -0.396 e. The van der Waals surface area contributed by atoms with Crippen LogP contribution in [0.1, 0.15) is 20.3 Å². The lowest BCUT2D eigenvalue weighted by molar-refractivity contribution is 0.149. The number of aliphatic hydroxyl groups is 1. The number of aryl methyl sites for hydroxylation is 1. The minimum absolute atomic E-state index is 0.0580. The van der Waals surface area contributed by atoms with Gasteiger partial charge in [0.05, 0.1) is 6.61 Å². The number of nitrogens with zero attached hydrogens (tertiary/aromatic N) is 2. The van der Waals surface area contributed by atoms with Crippen LogP contribution >= 0.6 is 0 Å². The Balaban J connectivity index is 2.47. The summed E-state index contributed by atoms with van der Waals surface area (Å²) in [5.74, 6) is 0.862. The molecule has 0 saturated heterocycles. The fourth-order valence-corrected chi connectivity index (χ4v) is 1.11. The molecule has 1 heterocycles. The highest BCUT2D eigenvalue weighted by atomic mass is 16.3. The summed E-state index contributed by atoms with van der Waals surface area (Å²) >= 11 is 0. The van der Waals surface area contributed by atoms with Crippen LogP contribution in [0.4, 0.5) is 5.82 Å². The maximum atomic E-state index is 9.20. The fraction of sp³-hybridized carbons (Fsp3) is 0.700. The average Bonchev–Trinajstić information content (AvgIpc) is 2.61. The number of aliphatic hydroxyl groups excluding tert-OH is 1. The second-order valence-corrected chi connectivity index (χ2v) is 4.05. The van der Waals surface area contributed by atoms with E-state index in [9.17, 15) is 5.11 Å². The molecule has 0 amide bonds. The zero-order chi connectivity index (χ0) is 10.6. The molecule has 1 atom stereocenters. The van der Waals surface area contributed by atoms with Gasteiger partial charge in [0.15, 0.2) is 0 Å². The van der Waals surface area contributed by atoms with Crippen molar-refractivity contribution in [2.24, 2.45) is 12.5 Å².